The number of aromatic nitrogens is 4. The van der Waals surface area contributed by atoms with Gasteiger partial charge in [-0.05, 0) is 50.9 Å². The number of carbonyl (C=O) groups excluding carboxylic acids is 1. The van der Waals surface area contributed by atoms with Gasteiger partial charge in [-0.3, -0.25) is 14.1 Å². The summed E-state index contributed by atoms with van der Waals surface area (Å²) in [6, 6.07) is 6.62. The number of halogens is 1. The standard InChI is InChI=1S/C25H29FN8O2/c26-18-5-6-22-28-15-20(34(22)16-18)25-30-21(14-23(31-25)36-13-12-32-9-1-2-10-32)29-19-4-3-11-33(17-19)24(35)7-8-27/h5-6,14-16,19H,1-4,7,9-13,17H2,(H,29,30,31)/t19-/m1/s1. The highest BCUT2D eigenvalue weighted by atomic mass is 19.1. The second-order valence-electron chi connectivity index (χ2n) is 9.19. The van der Waals surface area contributed by atoms with Gasteiger partial charge in [0.1, 0.15) is 36.0 Å². The van der Waals surface area contributed by atoms with Gasteiger partial charge in [0.25, 0.3) is 0 Å². The zero-order chi connectivity index (χ0) is 24.9. The van der Waals surface area contributed by atoms with Crippen LogP contribution in [0.4, 0.5) is 10.2 Å². The summed E-state index contributed by atoms with van der Waals surface area (Å²) in [5.74, 6) is 0.791. The van der Waals surface area contributed by atoms with Crippen molar-refractivity contribution in [2.24, 2.45) is 0 Å². The van der Waals surface area contributed by atoms with Gasteiger partial charge in [-0.15, -0.1) is 0 Å². The van der Waals surface area contributed by atoms with Gasteiger partial charge in [-0.1, -0.05) is 0 Å². The van der Waals surface area contributed by atoms with Crippen LogP contribution in [0.1, 0.15) is 32.1 Å². The van der Waals surface area contributed by atoms with E-state index < -0.39 is 0 Å². The minimum Gasteiger partial charge on any atom is -0.476 e. The Morgan fingerprint density at radius 3 is 2.92 bits per heavy atom. The maximum Gasteiger partial charge on any atom is 0.236 e. The van der Waals surface area contributed by atoms with Gasteiger partial charge in [-0.2, -0.15) is 10.2 Å². The lowest BCUT2D eigenvalue weighted by Crippen LogP contribution is -2.45. The number of likely N-dealkylation sites (tertiary alicyclic amines) is 2. The van der Waals surface area contributed by atoms with Crippen molar-refractivity contribution in [3.63, 3.8) is 0 Å². The highest BCUT2D eigenvalue weighted by molar-refractivity contribution is 5.78. The number of nitrogens with zero attached hydrogens (tertiary/aromatic N) is 7. The second-order valence-corrected chi connectivity index (χ2v) is 9.19. The number of anilines is 1. The molecule has 36 heavy (non-hydrogen) atoms. The van der Waals surface area contributed by atoms with Crippen molar-refractivity contribution in [3.05, 3.63) is 36.4 Å². The Morgan fingerprint density at radius 1 is 1.22 bits per heavy atom. The number of piperidine rings is 1. The fourth-order valence-corrected chi connectivity index (χ4v) is 4.80. The molecule has 5 rings (SSSR count). The SMILES string of the molecule is N#CCC(=O)N1CCC[C@@H](Nc2cc(OCCN3CCCC3)nc(-c3cnc4ccc(F)cn34)n2)C1. The highest BCUT2D eigenvalue weighted by Crippen LogP contribution is 2.25. The number of fused-ring (bicyclic) bond motifs is 1. The summed E-state index contributed by atoms with van der Waals surface area (Å²) in [5.41, 5.74) is 1.14. The van der Waals surface area contributed by atoms with Crippen LogP contribution >= 0.6 is 0 Å². The van der Waals surface area contributed by atoms with Gasteiger partial charge in [-0.25, -0.2) is 14.4 Å². The Bertz CT molecular complexity index is 1270. The van der Waals surface area contributed by atoms with Crippen molar-refractivity contribution in [1.29, 1.82) is 5.26 Å². The monoisotopic (exact) mass is 492 g/mol. The quantitative estimate of drug-likeness (QED) is 0.511. The molecule has 11 heteroatoms. The van der Waals surface area contributed by atoms with Gasteiger partial charge in [0, 0.05) is 37.9 Å². The number of hydrogen-bond acceptors (Lipinski definition) is 8. The Kier molecular flexibility index (Phi) is 7.23. The van der Waals surface area contributed by atoms with Gasteiger partial charge in [0.15, 0.2) is 5.82 Å². The molecule has 188 valence electrons. The third-order valence-corrected chi connectivity index (χ3v) is 6.61. The van der Waals surface area contributed by atoms with Crippen molar-refractivity contribution in [3.8, 4) is 23.5 Å². The predicted molar refractivity (Wildman–Crippen MR) is 131 cm³/mol. The van der Waals surface area contributed by atoms with E-state index in [1.54, 1.807) is 27.6 Å². The molecule has 0 saturated carbocycles. The van der Waals surface area contributed by atoms with Crippen LogP contribution in [0.15, 0.2) is 30.6 Å². The number of imidazole rings is 1. The zero-order valence-electron chi connectivity index (χ0n) is 20.1. The first-order valence-electron chi connectivity index (χ1n) is 12.4. The molecule has 2 aliphatic heterocycles. The van der Waals surface area contributed by atoms with Crippen molar-refractivity contribution in [2.45, 2.75) is 38.1 Å². The first-order valence-corrected chi connectivity index (χ1v) is 12.4. The molecule has 0 spiro atoms. The van der Waals surface area contributed by atoms with Gasteiger partial charge >= 0.3 is 0 Å². The lowest BCUT2D eigenvalue weighted by atomic mass is 10.1. The Morgan fingerprint density at radius 2 is 2.08 bits per heavy atom. The molecule has 0 radical (unpaired) electrons. The Balaban J connectivity index is 1.39. The van der Waals surface area contributed by atoms with Crippen LogP contribution in [0.2, 0.25) is 0 Å². The van der Waals surface area contributed by atoms with Crippen molar-refractivity contribution in [1.82, 2.24) is 29.2 Å². The Hall–Kier alpha value is -3.78. The molecule has 1 amide bonds. The van der Waals surface area contributed by atoms with Crippen molar-refractivity contribution < 1.29 is 13.9 Å². The molecule has 0 unspecified atom stereocenters. The number of nitriles is 1. The average Bonchev–Trinajstić information content (AvgIpc) is 3.54. The number of hydrogen-bond donors (Lipinski definition) is 1. The summed E-state index contributed by atoms with van der Waals surface area (Å²) < 4.78 is 21.6. The predicted octanol–water partition coefficient (Wildman–Crippen LogP) is 2.72. The van der Waals surface area contributed by atoms with Crippen LogP contribution in [0.5, 0.6) is 5.88 Å². The third kappa shape index (κ3) is 5.54. The van der Waals surface area contributed by atoms with E-state index in [1.165, 1.54) is 25.1 Å². The maximum atomic E-state index is 14.0. The molecule has 0 aromatic carbocycles. The number of pyridine rings is 1. The first kappa shape index (κ1) is 23.9. The van der Waals surface area contributed by atoms with E-state index in [2.05, 4.69) is 25.2 Å². The van der Waals surface area contributed by atoms with Crippen LogP contribution in [-0.2, 0) is 4.79 Å². The van der Waals surface area contributed by atoms with Crippen LogP contribution in [0.3, 0.4) is 0 Å². The largest absolute Gasteiger partial charge is 0.476 e. The molecule has 2 saturated heterocycles. The topological polar surface area (TPSA) is 112 Å². The van der Waals surface area contributed by atoms with Gasteiger partial charge in [0.05, 0.1) is 12.3 Å². The van der Waals surface area contributed by atoms with E-state index in [1.807, 2.05) is 6.07 Å². The van der Waals surface area contributed by atoms with Crippen LogP contribution in [-0.4, -0.2) is 80.4 Å². The molecule has 2 aliphatic rings. The maximum absolute atomic E-state index is 14.0. The van der Waals surface area contributed by atoms with E-state index in [9.17, 15) is 9.18 Å². The molecule has 0 bridgehead atoms. The minimum atomic E-state index is -0.387. The normalized spacial score (nSPS) is 18.3. The number of rotatable bonds is 8. The molecular formula is C25H29FN8O2. The number of carbonyl (C=O) groups is 1. The van der Waals surface area contributed by atoms with E-state index >= 15 is 0 Å². The summed E-state index contributed by atoms with van der Waals surface area (Å²) in [7, 11) is 0. The fraction of sp³-hybridized carbons (Fsp3) is 0.480. The molecular weight excluding hydrogens is 463 g/mol. The molecule has 2 fully saturated rings. The molecule has 5 heterocycles. The van der Waals surface area contributed by atoms with Crippen LogP contribution in [0.25, 0.3) is 17.2 Å². The van der Waals surface area contributed by atoms with Gasteiger partial charge < -0.3 is 15.0 Å². The smallest absolute Gasteiger partial charge is 0.236 e. The lowest BCUT2D eigenvalue weighted by Gasteiger charge is -2.33. The summed E-state index contributed by atoms with van der Waals surface area (Å²) >= 11 is 0. The molecule has 0 aliphatic carbocycles. The van der Waals surface area contributed by atoms with Crippen LogP contribution < -0.4 is 10.1 Å². The van der Waals surface area contributed by atoms with Crippen molar-refractivity contribution in [2.75, 3.05) is 44.6 Å². The third-order valence-electron chi connectivity index (χ3n) is 6.61. The highest BCUT2D eigenvalue weighted by Gasteiger charge is 2.24. The molecule has 10 nitrogen and oxygen atoms in total. The number of nitrogens with one attached hydrogen (secondary N) is 1. The minimum absolute atomic E-state index is 0.0266. The summed E-state index contributed by atoms with van der Waals surface area (Å²) in [6.07, 6.45) is 6.97. The molecule has 3 aromatic rings. The average molecular weight is 493 g/mol. The fourth-order valence-electron chi connectivity index (χ4n) is 4.80. The summed E-state index contributed by atoms with van der Waals surface area (Å²) in [5, 5.41) is 12.3. The van der Waals surface area contributed by atoms with E-state index in [0.29, 0.717) is 48.6 Å². The van der Waals surface area contributed by atoms with E-state index in [4.69, 9.17) is 10.00 Å². The molecule has 1 N–H and O–H groups in total. The lowest BCUT2D eigenvalue weighted by molar-refractivity contribution is -0.131. The number of amides is 1. The number of ether oxygens (including phenoxy) is 1. The first-order chi connectivity index (χ1) is 17.6. The van der Waals surface area contributed by atoms with E-state index in [0.717, 1.165) is 32.5 Å². The zero-order valence-corrected chi connectivity index (χ0v) is 20.1. The van der Waals surface area contributed by atoms with Crippen LogP contribution in [0, 0.1) is 17.1 Å². The molecule has 1 atom stereocenters. The second kappa shape index (κ2) is 10.9. The molecule has 3 aromatic heterocycles. The summed E-state index contributed by atoms with van der Waals surface area (Å²) in [6.45, 7) is 4.62. The van der Waals surface area contributed by atoms with Gasteiger partial charge in [0.2, 0.25) is 11.8 Å². The summed E-state index contributed by atoms with van der Waals surface area (Å²) in [4.78, 5) is 29.9. The Labute approximate surface area is 208 Å². The van der Waals surface area contributed by atoms with Crippen molar-refractivity contribution >= 4 is 17.4 Å². The van der Waals surface area contributed by atoms with E-state index in [-0.39, 0.29) is 24.2 Å².